The number of fused-ring (bicyclic) bond motifs is 10. The molecule has 2 aliphatic rings. The molecule has 4 nitrogen and oxygen atoms in total. The first-order valence-corrected chi connectivity index (χ1v) is 19.7. The largest absolute Gasteiger partial charge is 0.353 e. The van der Waals surface area contributed by atoms with Gasteiger partial charge in [0.2, 0.25) is 0 Å². The minimum atomic E-state index is 1.05. The van der Waals surface area contributed by atoms with Crippen molar-refractivity contribution in [1.82, 2.24) is 19.9 Å². The van der Waals surface area contributed by atoms with Crippen molar-refractivity contribution in [2.45, 2.75) is 158 Å². The highest BCUT2D eigenvalue weighted by Gasteiger charge is 2.25. The molecule has 0 atom stereocenters. The van der Waals surface area contributed by atoms with Crippen LogP contribution in [0.25, 0.3) is 44.4 Å². The molecule has 0 aromatic carbocycles. The van der Waals surface area contributed by atoms with Crippen molar-refractivity contribution in [1.29, 1.82) is 0 Å². The molecule has 48 heavy (non-hydrogen) atoms. The average molecular weight is 647 g/mol. The van der Waals surface area contributed by atoms with Crippen LogP contribution in [-0.4, -0.2) is 19.9 Å². The third-order valence-corrected chi connectivity index (χ3v) is 10.2. The van der Waals surface area contributed by atoms with E-state index in [1.165, 1.54) is 78.0 Å². The highest BCUT2D eigenvalue weighted by atomic mass is 14.8. The lowest BCUT2D eigenvalue weighted by Gasteiger charge is -2.08. The minimum Gasteiger partial charge on any atom is -0.353 e. The van der Waals surface area contributed by atoms with Crippen LogP contribution in [0.4, 0.5) is 0 Å². The molecule has 3 aromatic rings. The van der Waals surface area contributed by atoms with Crippen molar-refractivity contribution in [2.75, 3.05) is 0 Å². The molecule has 0 radical (unpaired) electrons. The number of aromatic amines is 2. The van der Waals surface area contributed by atoms with E-state index in [-0.39, 0.29) is 0 Å². The number of allylic oxidation sites excluding steroid dienone is 4. The van der Waals surface area contributed by atoms with E-state index >= 15 is 0 Å². The van der Waals surface area contributed by atoms with Crippen molar-refractivity contribution in [3.8, 4) is 0 Å². The fourth-order valence-electron chi connectivity index (χ4n) is 8.23. The lowest BCUT2D eigenvalue weighted by molar-refractivity contribution is 0.876. The lowest BCUT2D eigenvalue weighted by atomic mass is 9.94. The number of aryl methyl sites for hydroxylation is 4. The summed E-state index contributed by atoms with van der Waals surface area (Å²) in [4.78, 5) is 19.1. The smallest absolute Gasteiger partial charge is 0.0910 e. The Hall–Kier alpha value is -3.40. The van der Waals surface area contributed by atoms with Crippen LogP contribution in [0.3, 0.4) is 0 Å². The van der Waals surface area contributed by atoms with Crippen molar-refractivity contribution in [2.24, 2.45) is 0 Å². The molecule has 0 aliphatic carbocycles. The molecule has 2 aliphatic heterocycles. The lowest BCUT2D eigenvalue weighted by Crippen LogP contribution is -1.93. The summed E-state index contributed by atoms with van der Waals surface area (Å²) in [6.45, 7) is 18.5. The number of aromatic nitrogens is 4. The maximum Gasteiger partial charge on any atom is 0.0910 e. The fourth-order valence-corrected chi connectivity index (χ4v) is 8.23. The molecule has 0 saturated heterocycles. The van der Waals surface area contributed by atoms with Crippen molar-refractivity contribution in [3.63, 3.8) is 0 Å². The van der Waals surface area contributed by atoms with Gasteiger partial charge in [-0.05, 0) is 120 Å². The highest BCUT2D eigenvalue weighted by Crippen LogP contribution is 2.42. The quantitative estimate of drug-likeness (QED) is 0.163. The molecule has 3 aromatic heterocycles. The van der Waals surface area contributed by atoms with Gasteiger partial charge in [0.1, 0.15) is 0 Å². The Morgan fingerprint density at radius 3 is 1.02 bits per heavy atom. The van der Waals surface area contributed by atoms with Gasteiger partial charge < -0.3 is 9.97 Å². The average Bonchev–Trinajstić information content (AvgIpc) is 3.79. The molecule has 8 bridgehead atoms. The summed E-state index contributed by atoms with van der Waals surface area (Å²) in [5.74, 6) is 0. The molecule has 5 rings (SSSR count). The van der Waals surface area contributed by atoms with Crippen LogP contribution >= 0.6 is 0 Å². The van der Waals surface area contributed by atoms with Gasteiger partial charge in [-0.15, -0.1) is 0 Å². The Morgan fingerprint density at radius 2 is 0.688 bits per heavy atom. The Bertz CT molecular complexity index is 1680. The molecule has 0 amide bonds. The Balaban J connectivity index is 2.02. The van der Waals surface area contributed by atoms with Gasteiger partial charge in [0, 0.05) is 11.0 Å². The second-order valence-corrected chi connectivity index (χ2v) is 14.0. The first-order chi connectivity index (χ1) is 23.5. The zero-order chi connectivity index (χ0) is 34.2. The maximum atomic E-state index is 5.55. The summed E-state index contributed by atoms with van der Waals surface area (Å²) in [5.41, 5.74) is 21.3. The maximum absolute atomic E-state index is 5.55. The van der Waals surface area contributed by atoms with E-state index in [0.717, 1.165) is 114 Å². The molecule has 4 heteroatoms. The van der Waals surface area contributed by atoms with Gasteiger partial charge in [0.25, 0.3) is 0 Å². The second kappa shape index (κ2) is 16.8. The Morgan fingerprint density at radius 1 is 0.375 bits per heavy atom. The molecule has 5 heterocycles. The van der Waals surface area contributed by atoms with Gasteiger partial charge in [-0.3, -0.25) is 0 Å². The second-order valence-electron chi connectivity index (χ2n) is 14.0. The van der Waals surface area contributed by atoms with Crippen molar-refractivity contribution in [3.05, 3.63) is 69.3 Å². The number of hydrogen-bond acceptors (Lipinski definition) is 2. The van der Waals surface area contributed by atoms with Crippen molar-refractivity contribution < 1.29 is 0 Å². The monoisotopic (exact) mass is 646 g/mol. The Labute approximate surface area is 291 Å². The third kappa shape index (κ3) is 7.00. The topological polar surface area (TPSA) is 57.4 Å². The van der Waals surface area contributed by atoms with E-state index in [0.29, 0.717) is 0 Å². The van der Waals surface area contributed by atoms with Gasteiger partial charge in [-0.1, -0.05) is 107 Å². The summed E-state index contributed by atoms with van der Waals surface area (Å²) in [6.07, 6.45) is 17.4. The summed E-state index contributed by atoms with van der Waals surface area (Å²) >= 11 is 0. The molecular formula is C44H62N4. The number of H-pyrrole nitrogens is 2. The first kappa shape index (κ1) is 35.9. The van der Waals surface area contributed by atoms with Gasteiger partial charge in [0.05, 0.1) is 33.8 Å². The number of nitrogens with zero attached hydrogens (tertiary/aromatic N) is 2. The fraction of sp³-hybridized carbons (Fsp3) is 0.545. The summed E-state index contributed by atoms with van der Waals surface area (Å²) in [5, 5.41) is 0. The van der Waals surface area contributed by atoms with Crippen LogP contribution in [0.2, 0.25) is 0 Å². The van der Waals surface area contributed by atoms with E-state index < -0.39 is 0 Å². The van der Waals surface area contributed by atoms with Gasteiger partial charge in [0.15, 0.2) is 0 Å². The summed E-state index contributed by atoms with van der Waals surface area (Å²) in [6, 6.07) is 9.37. The van der Waals surface area contributed by atoms with E-state index in [2.05, 4.69) is 89.6 Å². The predicted octanol–water partition coefficient (Wildman–Crippen LogP) is 13.1. The molecule has 0 spiro atoms. The van der Waals surface area contributed by atoms with Gasteiger partial charge >= 0.3 is 0 Å². The number of hydrogen-bond donors (Lipinski definition) is 2. The van der Waals surface area contributed by atoms with Gasteiger partial charge in [-0.2, -0.15) is 0 Å². The Kier molecular flexibility index (Phi) is 12.6. The SMILES string of the molecule is CCCC1=C(CCC)c2nc1ccc1[nH]c(c3nc(ccc4[nH]c2c(CCC)c4CCC)C(CCC)=C3CCC)c(CCC)c1CCC. The standard InChI is InChI=1S/C44H62N4/c1-9-17-29-33(21-13-5)41-42-34(22-14-6)30(18-10-2)39(46-42)27-28-40-32(20-12-4)36(24-16-8)44(48-40)43-35(23-15-7)31(19-11-3)38(47-43)26-25-37(29)45-41/h25-28,45,48H,9-24H2,1-8H3. The molecule has 258 valence electrons. The summed E-state index contributed by atoms with van der Waals surface area (Å²) in [7, 11) is 0. The van der Waals surface area contributed by atoms with Crippen LogP contribution in [0.1, 0.15) is 177 Å². The molecule has 2 N–H and O–H groups in total. The van der Waals surface area contributed by atoms with Crippen LogP contribution < -0.4 is 0 Å². The van der Waals surface area contributed by atoms with Crippen LogP contribution in [0, 0.1) is 0 Å². The molecule has 0 fully saturated rings. The van der Waals surface area contributed by atoms with Crippen LogP contribution in [0.15, 0.2) is 24.3 Å². The van der Waals surface area contributed by atoms with E-state index in [4.69, 9.17) is 9.97 Å². The molecule has 0 unspecified atom stereocenters. The third-order valence-electron chi connectivity index (χ3n) is 10.2. The molecule has 0 saturated carbocycles. The zero-order valence-electron chi connectivity index (χ0n) is 31.5. The van der Waals surface area contributed by atoms with Gasteiger partial charge in [-0.25, -0.2) is 9.97 Å². The summed E-state index contributed by atoms with van der Waals surface area (Å²) < 4.78 is 0. The van der Waals surface area contributed by atoms with E-state index in [9.17, 15) is 0 Å². The number of nitrogens with one attached hydrogen (secondary N) is 2. The molecular weight excluding hydrogens is 585 g/mol. The predicted molar refractivity (Wildman–Crippen MR) is 210 cm³/mol. The van der Waals surface area contributed by atoms with Crippen molar-refractivity contribution >= 4 is 44.4 Å². The van der Waals surface area contributed by atoms with E-state index in [1.54, 1.807) is 0 Å². The first-order valence-electron chi connectivity index (χ1n) is 19.7. The van der Waals surface area contributed by atoms with E-state index in [1.807, 2.05) is 0 Å². The number of rotatable bonds is 16. The minimum absolute atomic E-state index is 1.05. The van der Waals surface area contributed by atoms with Crippen LogP contribution in [0.5, 0.6) is 0 Å². The van der Waals surface area contributed by atoms with Crippen LogP contribution in [-0.2, 0) is 25.7 Å². The zero-order valence-corrected chi connectivity index (χ0v) is 31.5. The highest BCUT2D eigenvalue weighted by molar-refractivity contribution is 5.99. The normalized spacial score (nSPS) is 13.3.